The Hall–Kier alpha value is -5.51. The number of non-ortho nitro benzene ring substituents is 1. The third-order valence-corrected chi connectivity index (χ3v) is 7.43. The summed E-state index contributed by atoms with van der Waals surface area (Å²) in [4.78, 5) is 50.0. The van der Waals surface area contributed by atoms with Crippen molar-refractivity contribution in [2.45, 2.75) is 33.1 Å². The molecule has 4 aromatic carbocycles. The summed E-state index contributed by atoms with van der Waals surface area (Å²) in [6.07, 6.45) is -0.0129. The van der Waals surface area contributed by atoms with E-state index in [1.807, 2.05) is 13.0 Å². The van der Waals surface area contributed by atoms with E-state index >= 15 is 0 Å². The second-order valence-corrected chi connectivity index (χ2v) is 11.1. The molecule has 1 heterocycles. The van der Waals surface area contributed by atoms with Crippen molar-refractivity contribution in [3.05, 3.63) is 118 Å². The molecular weight excluding hydrogens is 576 g/mol. The van der Waals surface area contributed by atoms with E-state index in [1.54, 1.807) is 36.4 Å². The molecule has 0 aromatic heterocycles. The summed E-state index contributed by atoms with van der Waals surface area (Å²) in [5, 5.41) is 10.8. The van der Waals surface area contributed by atoms with Crippen LogP contribution in [-0.2, 0) is 14.3 Å². The first kappa shape index (κ1) is 30.9. The largest absolute Gasteiger partial charge is 0.457 e. The summed E-state index contributed by atoms with van der Waals surface area (Å²) >= 11 is 0. The van der Waals surface area contributed by atoms with Crippen LogP contribution in [0.15, 0.2) is 91.0 Å². The topological polar surface area (TPSA) is 125 Å². The highest BCUT2D eigenvalue weighted by Gasteiger charge is 2.36. The van der Waals surface area contributed by atoms with Crippen molar-refractivity contribution in [1.82, 2.24) is 0 Å². The van der Waals surface area contributed by atoms with Crippen LogP contribution in [-0.4, -0.2) is 35.7 Å². The number of anilines is 1. The SMILES string of the molecule is Cc1ccc(C(C)C)c(Oc2ccc(N3C[C@H](C(=O)OCC(=O)c4ccc(Oc5ccc([N+](=O)[O-])cc5)cc4)CC3=O)cc2)c1. The zero-order chi connectivity index (χ0) is 32.1. The van der Waals surface area contributed by atoms with Crippen LogP contribution in [0.2, 0.25) is 0 Å². The van der Waals surface area contributed by atoms with Gasteiger partial charge in [0.05, 0.1) is 10.8 Å². The van der Waals surface area contributed by atoms with Gasteiger partial charge in [0, 0.05) is 36.3 Å². The Kier molecular flexibility index (Phi) is 9.22. The number of esters is 1. The van der Waals surface area contributed by atoms with Crippen LogP contribution < -0.4 is 14.4 Å². The molecule has 10 heteroatoms. The molecule has 0 N–H and O–H groups in total. The Morgan fingerprint density at radius 3 is 2.11 bits per heavy atom. The maximum Gasteiger partial charge on any atom is 0.311 e. The van der Waals surface area contributed by atoms with Gasteiger partial charge in [0.1, 0.15) is 23.0 Å². The molecule has 1 aliphatic rings. The van der Waals surface area contributed by atoms with Crippen molar-refractivity contribution in [3.8, 4) is 23.0 Å². The van der Waals surface area contributed by atoms with Crippen LogP contribution in [0.25, 0.3) is 0 Å². The van der Waals surface area contributed by atoms with Gasteiger partial charge in [-0.3, -0.25) is 24.5 Å². The van der Waals surface area contributed by atoms with Crippen molar-refractivity contribution < 1.29 is 33.5 Å². The normalized spacial score (nSPS) is 14.4. The van der Waals surface area contributed by atoms with Crippen LogP contribution in [0.5, 0.6) is 23.0 Å². The molecule has 1 aliphatic heterocycles. The number of nitrogens with zero attached hydrogens (tertiary/aromatic N) is 2. The standard InChI is InChI=1S/C35H32N2O8/c1-22(2)31-17-4-23(3)18-33(31)45-30-13-7-26(8-14-30)36-20-25(19-34(36)39)35(40)43-21-32(38)24-5-11-28(12-6-24)44-29-15-9-27(10-16-29)37(41)42/h4-18,22,25H,19-21H2,1-3H3/t25-/m1/s1. The Bertz CT molecular complexity index is 1710. The van der Waals surface area contributed by atoms with Crippen molar-refractivity contribution in [2.24, 2.45) is 5.92 Å². The number of nitro groups is 1. The van der Waals surface area contributed by atoms with Gasteiger partial charge in [-0.1, -0.05) is 26.0 Å². The molecule has 1 atom stereocenters. The smallest absolute Gasteiger partial charge is 0.311 e. The van der Waals surface area contributed by atoms with Gasteiger partial charge in [0.15, 0.2) is 12.4 Å². The number of hydrogen-bond acceptors (Lipinski definition) is 8. The predicted octanol–water partition coefficient (Wildman–Crippen LogP) is 7.39. The molecule has 5 rings (SSSR count). The van der Waals surface area contributed by atoms with Gasteiger partial charge in [-0.05, 0) is 90.7 Å². The number of aryl methyl sites for hydroxylation is 1. The average molecular weight is 609 g/mol. The lowest BCUT2D eigenvalue weighted by atomic mass is 10.0. The molecule has 0 aliphatic carbocycles. The first-order valence-corrected chi connectivity index (χ1v) is 14.5. The van der Waals surface area contributed by atoms with Gasteiger partial charge in [-0.2, -0.15) is 0 Å². The maximum absolute atomic E-state index is 12.8. The molecule has 4 aromatic rings. The van der Waals surface area contributed by atoms with Gasteiger partial charge in [-0.25, -0.2) is 0 Å². The Labute approximate surface area is 260 Å². The van der Waals surface area contributed by atoms with Crippen molar-refractivity contribution >= 4 is 29.0 Å². The molecular formula is C35H32N2O8. The number of carbonyl (C=O) groups is 3. The number of amides is 1. The van der Waals surface area contributed by atoms with Crippen LogP contribution in [0, 0.1) is 23.0 Å². The lowest BCUT2D eigenvalue weighted by molar-refractivity contribution is -0.384. The van der Waals surface area contributed by atoms with E-state index in [2.05, 4.69) is 26.0 Å². The first-order chi connectivity index (χ1) is 21.6. The first-order valence-electron chi connectivity index (χ1n) is 14.5. The molecule has 230 valence electrons. The van der Waals surface area contributed by atoms with Crippen LogP contribution in [0.3, 0.4) is 0 Å². The summed E-state index contributed by atoms with van der Waals surface area (Å²) in [5.41, 5.74) is 3.10. The lowest BCUT2D eigenvalue weighted by Gasteiger charge is -2.18. The second-order valence-electron chi connectivity index (χ2n) is 11.1. The van der Waals surface area contributed by atoms with Crippen molar-refractivity contribution in [2.75, 3.05) is 18.1 Å². The van der Waals surface area contributed by atoms with Gasteiger partial charge in [0.2, 0.25) is 5.91 Å². The number of ketones is 1. The van der Waals surface area contributed by atoms with E-state index in [0.29, 0.717) is 34.4 Å². The highest BCUT2D eigenvalue weighted by Crippen LogP contribution is 2.33. The summed E-state index contributed by atoms with van der Waals surface area (Å²) in [7, 11) is 0. The molecule has 1 amide bonds. The van der Waals surface area contributed by atoms with E-state index in [0.717, 1.165) is 16.9 Å². The predicted molar refractivity (Wildman–Crippen MR) is 167 cm³/mol. The van der Waals surface area contributed by atoms with E-state index in [4.69, 9.17) is 14.2 Å². The van der Waals surface area contributed by atoms with Crippen molar-refractivity contribution in [3.63, 3.8) is 0 Å². The minimum absolute atomic E-state index is 0.0129. The third kappa shape index (κ3) is 7.53. The van der Waals surface area contributed by atoms with E-state index in [1.165, 1.54) is 41.3 Å². The van der Waals surface area contributed by atoms with Crippen LogP contribution in [0.4, 0.5) is 11.4 Å². The number of benzene rings is 4. The fraction of sp³-hybridized carbons (Fsp3) is 0.229. The molecule has 0 bridgehead atoms. The van der Waals surface area contributed by atoms with Crippen LogP contribution in [0.1, 0.15) is 47.7 Å². The highest BCUT2D eigenvalue weighted by atomic mass is 16.6. The Balaban J connectivity index is 1.12. The average Bonchev–Trinajstić information content (AvgIpc) is 3.42. The monoisotopic (exact) mass is 608 g/mol. The van der Waals surface area contributed by atoms with E-state index in [-0.39, 0.29) is 24.6 Å². The van der Waals surface area contributed by atoms with Gasteiger partial charge in [-0.15, -0.1) is 0 Å². The zero-order valence-electron chi connectivity index (χ0n) is 25.1. The number of ether oxygens (including phenoxy) is 3. The molecule has 0 unspecified atom stereocenters. The van der Waals surface area contributed by atoms with Gasteiger partial charge in [0.25, 0.3) is 5.69 Å². The summed E-state index contributed by atoms with van der Waals surface area (Å²) < 4.78 is 17.1. The number of Topliss-reactive ketones (excluding diaryl/α,β-unsaturated/α-hetero) is 1. The summed E-state index contributed by atoms with van der Waals surface area (Å²) in [6, 6.07) is 25.1. The molecule has 0 spiro atoms. The minimum atomic E-state index is -0.695. The Morgan fingerprint density at radius 2 is 1.49 bits per heavy atom. The van der Waals surface area contributed by atoms with Crippen LogP contribution >= 0.6 is 0 Å². The summed E-state index contributed by atoms with van der Waals surface area (Å²) in [6.45, 7) is 5.91. The minimum Gasteiger partial charge on any atom is -0.457 e. The molecule has 10 nitrogen and oxygen atoms in total. The quantitative estimate of drug-likeness (QED) is 0.0747. The summed E-state index contributed by atoms with van der Waals surface area (Å²) in [5.74, 6) is 0.635. The molecule has 1 saturated heterocycles. The Morgan fingerprint density at radius 1 is 0.889 bits per heavy atom. The highest BCUT2D eigenvalue weighted by molar-refractivity contribution is 6.01. The zero-order valence-corrected chi connectivity index (χ0v) is 25.1. The molecule has 1 fully saturated rings. The molecule has 0 radical (unpaired) electrons. The van der Waals surface area contributed by atoms with Gasteiger partial charge < -0.3 is 19.1 Å². The lowest BCUT2D eigenvalue weighted by Crippen LogP contribution is -2.27. The fourth-order valence-electron chi connectivity index (χ4n) is 4.96. The second kappa shape index (κ2) is 13.4. The fourth-order valence-corrected chi connectivity index (χ4v) is 4.96. The maximum atomic E-state index is 12.8. The number of carbonyl (C=O) groups excluding carboxylic acids is 3. The van der Waals surface area contributed by atoms with E-state index in [9.17, 15) is 24.5 Å². The van der Waals surface area contributed by atoms with Crippen molar-refractivity contribution in [1.29, 1.82) is 0 Å². The number of nitro benzene ring substituents is 1. The van der Waals surface area contributed by atoms with E-state index < -0.39 is 29.2 Å². The number of rotatable bonds is 11. The molecule has 45 heavy (non-hydrogen) atoms. The third-order valence-electron chi connectivity index (χ3n) is 7.43. The molecule has 0 saturated carbocycles. The van der Waals surface area contributed by atoms with Gasteiger partial charge >= 0.3 is 5.97 Å². The number of hydrogen-bond donors (Lipinski definition) is 0.